The van der Waals surface area contributed by atoms with E-state index in [1.54, 1.807) is 18.2 Å². The fourth-order valence-electron chi connectivity index (χ4n) is 4.20. The first-order chi connectivity index (χ1) is 14.6. The van der Waals surface area contributed by atoms with Crippen molar-refractivity contribution in [2.45, 2.75) is 31.1 Å². The van der Waals surface area contributed by atoms with E-state index in [0.29, 0.717) is 29.9 Å². The summed E-state index contributed by atoms with van der Waals surface area (Å²) in [5, 5.41) is 9.18. The van der Waals surface area contributed by atoms with Crippen molar-refractivity contribution >= 4 is 23.4 Å². The normalized spacial score (nSPS) is 27.5. The number of amidine groups is 1. The van der Waals surface area contributed by atoms with Gasteiger partial charge in [-0.1, -0.05) is 17.7 Å². The quantitative estimate of drug-likeness (QED) is 0.705. The molecule has 166 valence electrons. The molecule has 10 heteroatoms. The minimum atomic E-state index is -4.57. The average molecular weight is 457 g/mol. The number of carbonyl (C=O) groups is 1. The van der Waals surface area contributed by atoms with Gasteiger partial charge in [0.15, 0.2) is 11.5 Å². The Balaban J connectivity index is 1.77. The third-order valence-corrected chi connectivity index (χ3v) is 6.16. The Morgan fingerprint density at radius 2 is 1.94 bits per heavy atom. The molecule has 0 aromatic heterocycles. The Bertz CT molecular complexity index is 1000. The Hall–Kier alpha value is -2.68. The van der Waals surface area contributed by atoms with Crippen LogP contribution in [-0.4, -0.2) is 48.2 Å². The number of aliphatic imine (C=N–C) groups is 1. The number of carboxylic acid groups (broad SMARTS) is 1. The molecule has 1 saturated carbocycles. The molecule has 1 aromatic rings. The number of benzene rings is 1. The molecule has 4 rings (SSSR count). The van der Waals surface area contributed by atoms with Crippen LogP contribution in [0.5, 0.6) is 11.5 Å². The van der Waals surface area contributed by atoms with E-state index in [9.17, 15) is 23.1 Å². The number of fused-ring (bicyclic) bond motifs is 1. The SMILES string of the molecule is COc1ccc(C2CC(C3CC3C(=O)O)N=C3C(Cl)=CC(C(F)(F)F)=CN32)cc1OC. The minimum absolute atomic E-state index is 0.127. The van der Waals surface area contributed by atoms with E-state index in [1.807, 2.05) is 0 Å². The van der Waals surface area contributed by atoms with Crippen molar-refractivity contribution in [1.29, 1.82) is 0 Å². The zero-order chi connectivity index (χ0) is 22.5. The number of halogens is 4. The summed E-state index contributed by atoms with van der Waals surface area (Å²) < 4.78 is 50.9. The van der Waals surface area contributed by atoms with Crippen LogP contribution in [0.15, 0.2) is 46.1 Å². The molecule has 0 bridgehead atoms. The van der Waals surface area contributed by atoms with Crippen molar-refractivity contribution in [2.24, 2.45) is 16.8 Å². The fraction of sp³-hybridized carbons (Fsp3) is 0.429. The zero-order valence-corrected chi connectivity index (χ0v) is 17.4. The highest BCUT2D eigenvalue weighted by atomic mass is 35.5. The third-order valence-electron chi connectivity index (χ3n) is 5.88. The highest BCUT2D eigenvalue weighted by Gasteiger charge is 2.51. The van der Waals surface area contributed by atoms with Crippen LogP contribution in [0.3, 0.4) is 0 Å². The number of allylic oxidation sites excluding steroid dienone is 2. The van der Waals surface area contributed by atoms with Crippen LogP contribution in [0.2, 0.25) is 0 Å². The lowest BCUT2D eigenvalue weighted by molar-refractivity contribution is -0.139. The molecule has 1 fully saturated rings. The molecule has 6 nitrogen and oxygen atoms in total. The second-order valence-corrected chi connectivity index (χ2v) is 8.12. The molecule has 4 atom stereocenters. The van der Waals surface area contributed by atoms with Gasteiger partial charge >= 0.3 is 12.1 Å². The number of hydrogen-bond acceptors (Lipinski definition) is 5. The maximum atomic E-state index is 13.4. The number of ether oxygens (including phenoxy) is 2. The first kappa shape index (κ1) is 21.5. The van der Waals surface area contributed by atoms with Gasteiger partial charge in [0.05, 0.1) is 42.8 Å². The van der Waals surface area contributed by atoms with Gasteiger partial charge in [0.1, 0.15) is 5.84 Å². The van der Waals surface area contributed by atoms with E-state index >= 15 is 0 Å². The first-order valence-electron chi connectivity index (χ1n) is 9.61. The highest BCUT2D eigenvalue weighted by Crippen LogP contribution is 2.49. The summed E-state index contributed by atoms with van der Waals surface area (Å²) >= 11 is 6.23. The molecular weight excluding hydrogens is 437 g/mol. The van der Waals surface area contributed by atoms with Crippen LogP contribution < -0.4 is 9.47 Å². The summed E-state index contributed by atoms with van der Waals surface area (Å²) in [7, 11) is 2.97. The van der Waals surface area contributed by atoms with Crippen molar-refractivity contribution in [3.05, 3.63) is 46.6 Å². The molecule has 1 aliphatic carbocycles. The predicted octanol–water partition coefficient (Wildman–Crippen LogP) is 4.52. The molecular formula is C21H20ClF3N2O4. The molecule has 0 radical (unpaired) electrons. The Morgan fingerprint density at radius 3 is 2.52 bits per heavy atom. The van der Waals surface area contributed by atoms with Crippen molar-refractivity contribution < 1.29 is 32.5 Å². The Labute approximate surface area is 181 Å². The summed E-state index contributed by atoms with van der Waals surface area (Å²) in [5.74, 6) is -0.425. The summed E-state index contributed by atoms with van der Waals surface area (Å²) in [4.78, 5) is 17.3. The molecule has 4 unspecified atom stereocenters. The van der Waals surface area contributed by atoms with E-state index < -0.39 is 29.7 Å². The number of alkyl halides is 3. The standard InChI is InChI=1S/C21H20ClF3N2O4/c1-30-17-4-3-10(5-18(17)31-2)16-8-15(12-7-13(12)20(28)29)26-19-14(22)6-11(9-27(16)19)21(23,24)25/h3-6,9,12-13,15-16H,7-8H2,1-2H3,(H,28,29). The number of nitrogens with zero attached hydrogens (tertiary/aromatic N) is 2. The second kappa shape index (κ2) is 7.78. The van der Waals surface area contributed by atoms with E-state index in [-0.39, 0.29) is 22.8 Å². The van der Waals surface area contributed by atoms with Gasteiger partial charge in [-0.05, 0) is 42.5 Å². The Morgan fingerprint density at radius 1 is 1.23 bits per heavy atom. The van der Waals surface area contributed by atoms with Crippen LogP contribution in [-0.2, 0) is 4.79 Å². The highest BCUT2D eigenvalue weighted by molar-refractivity contribution is 6.43. The number of hydrogen-bond donors (Lipinski definition) is 1. The lowest BCUT2D eigenvalue weighted by atomic mass is 9.91. The summed E-state index contributed by atoms with van der Waals surface area (Å²) in [6.07, 6.45) is -1.88. The van der Waals surface area contributed by atoms with Crippen molar-refractivity contribution in [2.75, 3.05) is 14.2 Å². The predicted molar refractivity (Wildman–Crippen MR) is 107 cm³/mol. The molecule has 1 N–H and O–H groups in total. The zero-order valence-electron chi connectivity index (χ0n) is 16.7. The van der Waals surface area contributed by atoms with E-state index in [0.717, 1.165) is 12.3 Å². The molecule has 2 aliphatic heterocycles. The topological polar surface area (TPSA) is 71.4 Å². The summed E-state index contributed by atoms with van der Waals surface area (Å²) in [5.41, 5.74) is -0.193. The lowest BCUT2D eigenvalue weighted by Crippen LogP contribution is -2.41. The molecule has 2 heterocycles. The van der Waals surface area contributed by atoms with Crippen LogP contribution in [0, 0.1) is 11.8 Å². The molecule has 31 heavy (non-hydrogen) atoms. The number of aliphatic carboxylic acids is 1. The third kappa shape index (κ3) is 3.98. The molecule has 3 aliphatic rings. The molecule has 1 aromatic carbocycles. The van der Waals surface area contributed by atoms with Gasteiger partial charge in [-0.2, -0.15) is 13.2 Å². The van der Waals surface area contributed by atoms with Crippen molar-refractivity contribution in [1.82, 2.24) is 4.90 Å². The maximum absolute atomic E-state index is 13.4. The number of methoxy groups -OCH3 is 2. The van der Waals surface area contributed by atoms with Gasteiger partial charge in [0, 0.05) is 6.20 Å². The number of rotatable bonds is 5. The van der Waals surface area contributed by atoms with Gasteiger partial charge < -0.3 is 19.5 Å². The minimum Gasteiger partial charge on any atom is -0.493 e. The van der Waals surface area contributed by atoms with Gasteiger partial charge in [-0.25, -0.2) is 0 Å². The lowest BCUT2D eigenvalue weighted by Gasteiger charge is -2.40. The fourth-order valence-corrected chi connectivity index (χ4v) is 4.46. The van der Waals surface area contributed by atoms with Gasteiger partial charge in [0.25, 0.3) is 0 Å². The van der Waals surface area contributed by atoms with Crippen molar-refractivity contribution in [3.8, 4) is 11.5 Å². The van der Waals surface area contributed by atoms with Gasteiger partial charge in [0.2, 0.25) is 0 Å². The van der Waals surface area contributed by atoms with Crippen LogP contribution >= 0.6 is 11.6 Å². The molecule has 0 amide bonds. The number of carboxylic acids is 1. The van der Waals surface area contributed by atoms with Crippen LogP contribution in [0.4, 0.5) is 13.2 Å². The van der Waals surface area contributed by atoms with Crippen LogP contribution in [0.1, 0.15) is 24.4 Å². The monoisotopic (exact) mass is 456 g/mol. The van der Waals surface area contributed by atoms with Gasteiger partial charge in [-0.3, -0.25) is 9.79 Å². The molecule has 0 spiro atoms. The molecule has 0 saturated heterocycles. The largest absolute Gasteiger partial charge is 0.493 e. The van der Waals surface area contributed by atoms with E-state index in [1.165, 1.54) is 19.1 Å². The van der Waals surface area contributed by atoms with E-state index in [4.69, 9.17) is 21.1 Å². The maximum Gasteiger partial charge on any atom is 0.417 e. The smallest absolute Gasteiger partial charge is 0.417 e. The first-order valence-corrected chi connectivity index (χ1v) is 9.99. The summed E-state index contributed by atoms with van der Waals surface area (Å²) in [6.45, 7) is 0. The Kier molecular flexibility index (Phi) is 5.41. The van der Waals surface area contributed by atoms with E-state index in [2.05, 4.69) is 4.99 Å². The van der Waals surface area contributed by atoms with Gasteiger partial charge in [-0.15, -0.1) is 0 Å². The second-order valence-electron chi connectivity index (χ2n) is 7.71. The summed E-state index contributed by atoms with van der Waals surface area (Å²) in [6, 6.07) is 4.24. The van der Waals surface area contributed by atoms with Crippen molar-refractivity contribution in [3.63, 3.8) is 0 Å². The van der Waals surface area contributed by atoms with Crippen LogP contribution in [0.25, 0.3) is 0 Å². The average Bonchev–Trinajstić information content (AvgIpc) is 3.53.